The van der Waals surface area contributed by atoms with Crippen molar-refractivity contribution in [3.8, 4) is 0 Å². The monoisotopic (exact) mass is 486 g/mol. The molecule has 1 N–H and O–H groups in total. The van der Waals surface area contributed by atoms with Gasteiger partial charge in [-0.3, -0.25) is 9.59 Å². The van der Waals surface area contributed by atoms with E-state index >= 15 is 0 Å². The highest BCUT2D eigenvalue weighted by Gasteiger charge is 2.27. The molecule has 1 aliphatic rings. The molecule has 0 saturated heterocycles. The number of carbonyl (C=O) groups is 1. The summed E-state index contributed by atoms with van der Waals surface area (Å²) in [5.41, 5.74) is 3.32. The Kier molecular flexibility index (Phi) is 6.91. The number of halogens is 2. The number of anilines is 1. The van der Waals surface area contributed by atoms with Crippen molar-refractivity contribution in [3.63, 3.8) is 0 Å². The summed E-state index contributed by atoms with van der Waals surface area (Å²) in [5, 5.41) is 4.42. The van der Waals surface area contributed by atoms with E-state index in [1.807, 2.05) is 37.3 Å². The quantitative estimate of drug-likeness (QED) is 0.573. The van der Waals surface area contributed by atoms with Crippen molar-refractivity contribution in [2.75, 3.05) is 25.5 Å². The van der Waals surface area contributed by atoms with E-state index in [1.54, 1.807) is 17.0 Å². The van der Waals surface area contributed by atoms with Crippen molar-refractivity contribution in [2.24, 2.45) is 0 Å². The normalized spacial score (nSPS) is 12.9. The number of hydrogen-bond acceptors (Lipinski definition) is 5. The number of amides is 1. The molecule has 4 rings (SSSR count). The number of hydrogen-bond donors (Lipinski definition) is 1. The molecule has 1 aliphatic heterocycles. The molecule has 0 radical (unpaired) electrons. The van der Waals surface area contributed by atoms with Crippen molar-refractivity contribution >= 4 is 35.1 Å². The zero-order valence-electron chi connectivity index (χ0n) is 18.4. The van der Waals surface area contributed by atoms with E-state index in [2.05, 4.69) is 10.3 Å². The second kappa shape index (κ2) is 9.85. The molecule has 0 fully saturated rings. The molecule has 172 valence electrons. The van der Waals surface area contributed by atoms with Crippen LogP contribution in [-0.4, -0.2) is 40.7 Å². The molecular formula is C24H24Cl2N4O3. The highest BCUT2D eigenvalue weighted by Crippen LogP contribution is 2.21. The molecule has 0 aliphatic carbocycles. The number of nitrogens with one attached hydrogen (secondary N) is 1. The lowest BCUT2D eigenvalue weighted by molar-refractivity contribution is 0.0728. The minimum atomic E-state index is -0.323. The van der Waals surface area contributed by atoms with Crippen molar-refractivity contribution in [2.45, 2.75) is 26.3 Å². The van der Waals surface area contributed by atoms with E-state index in [1.165, 1.54) is 7.11 Å². The van der Waals surface area contributed by atoms with Gasteiger partial charge in [-0.2, -0.15) is 0 Å². The molecule has 0 spiro atoms. The lowest BCUT2D eigenvalue weighted by atomic mass is 10.0. The van der Waals surface area contributed by atoms with E-state index in [0.717, 1.165) is 22.3 Å². The molecule has 2 aromatic carbocycles. The summed E-state index contributed by atoms with van der Waals surface area (Å²) >= 11 is 12.1. The average Bonchev–Trinajstić information content (AvgIpc) is 2.82. The van der Waals surface area contributed by atoms with Crippen LogP contribution in [0.3, 0.4) is 0 Å². The SMILES string of the molecule is COn1c(NCCc2ccc(Cl)cc2)nc2c(c1=O)CN(C(=O)c1ccc(C)c(Cl)c1)CC2. The summed E-state index contributed by atoms with van der Waals surface area (Å²) in [4.78, 5) is 37.7. The molecule has 0 saturated carbocycles. The maximum atomic E-state index is 13.1. The molecule has 2 heterocycles. The van der Waals surface area contributed by atoms with Gasteiger partial charge in [-0.05, 0) is 48.7 Å². The van der Waals surface area contributed by atoms with Crippen LogP contribution in [0.15, 0.2) is 47.3 Å². The highest BCUT2D eigenvalue weighted by molar-refractivity contribution is 6.31. The van der Waals surface area contributed by atoms with Crippen LogP contribution in [-0.2, 0) is 19.4 Å². The highest BCUT2D eigenvalue weighted by atomic mass is 35.5. The van der Waals surface area contributed by atoms with E-state index < -0.39 is 0 Å². The second-order valence-corrected chi connectivity index (χ2v) is 8.73. The predicted molar refractivity (Wildman–Crippen MR) is 129 cm³/mol. The third-order valence-corrected chi connectivity index (χ3v) is 6.35. The van der Waals surface area contributed by atoms with Gasteiger partial charge in [-0.1, -0.05) is 41.4 Å². The van der Waals surface area contributed by atoms with E-state index in [-0.39, 0.29) is 18.0 Å². The summed E-state index contributed by atoms with van der Waals surface area (Å²) in [6.45, 7) is 3.08. The number of aromatic nitrogens is 2. The number of fused-ring (bicyclic) bond motifs is 1. The van der Waals surface area contributed by atoms with Gasteiger partial charge in [-0.25, -0.2) is 4.98 Å². The molecule has 0 unspecified atom stereocenters. The third-order valence-electron chi connectivity index (χ3n) is 5.69. The van der Waals surface area contributed by atoms with Crippen LogP contribution in [0.25, 0.3) is 0 Å². The first kappa shape index (κ1) is 23.1. The van der Waals surface area contributed by atoms with Crippen molar-refractivity contribution in [1.29, 1.82) is 0 Å². The average molecular weight is 487 g/mol. The van der Waals surface area contributed by atoms with Gasteiger partial charge in [0.05, 0.1) is 17.8 Å². The lowest BCUT2D eigenvalue weighted by Crippen LogP contribution is -2.42. The number of benzene rings is 2. The number of nitrogens with zero attached hydrogens (tertiary/aromatic N) is 3. The fraction of sp³-hybridized carbons (Fsp3) is 0.292. The topological polar surface area (TPSA) is 76.5 Å². The summed E-state index contributed by atoms with van der Waals surface area (Å²) in [6.07, 6.45) is 1.21. The zero-order chi connectivity index (χ0) is 23.5. The summed E-state index contributed by atoms with van der Waals surface area (Å²) in [6, 6.07) is 12.8. The number of carbonyl (C=O) groups excluding carboxylic acids is 1. The van der Waals surface area contributed by atoms with Crippen LogP contribution in [0.2, 0.25) is 10.0 Å². The van der Waals surface area contributed by atoms with Crippen LogP contribution in [0.1, 0.15) is 32.7 Å². The van der Waals surface area contributed by atoms with Gasteiger partial charge in [0, 0.05) is 35.1 Å². The van der Waals surface area contributed by atoms with E-state index in [0.29, 0.717) is 52.3 Å². The Labute approximate surface area is 201 Å². The minimum Gasteiger partial charge on any atom is -0.411 e. The fourth-order valence-corrected chi connectivity index (χ4v) is 4.10. The van der Waals surface area contributed by atoms with Crippen LogP contribution in [0.4, 0.5) is 5.95 Å². The van der Waals surface area contributed by atoms with E-state index in [4.69, 9.17) is 28.0 Å². The molecule has 9 heteroatoms. The first-order chi connectivity index (χ1) is 15.9. The van der Waals surface area contributed by atoms with Gasteiger partial charge in [0.2, 0.25) is 5.95 Å². The molecular weight excluding hydrogens is 463 g/mol. The zero-order valence-corrected chi connectivity index (χ0v) is 19.9. The molecule has 3 aromatic rings. The van der Waals surface area contributed by atoms with Crippen molar-refractivity contribution < 1.29 is 9.63 Å². The Morgan fingerprint density at radius 3 is 2.64 bits per heavy atom. The predicted octanol–water partition coefficient (Wildman–Crippen LogP) is 3.77. The van der Waals surface area contributed by atoms with Gasteiger partial charge in [0.1, 0.15) is 7.11 Å². The van der Waals surface area contributed by atoms with E-state index in [9.17, 15) is 9.59 Å². The Morgan fingerprint density at radius 2 is 1.94 bits per heavy atom. The molecule has 0 bridgehead atoms. The van der Waals surface area contributed by atoms with Gasteiger partial charge in [0.25, 0.3) is 11.5 Å². The second-order valence-electron chi connectivity index (χ2n) is 7.89. The van der Waals surface area contributed by atoms with Gasteiger partial charge in [-0.15, -0.1) is 4.73 Å². The fourth-order valence-electron chi connectivity index (χ4n) is 3.79. The lowest BCUT2D eigenvalue weighted by Gasteiger charge is -2.29. The maximum absolute atomic E-state index is 13.1. The summed E-state index contributed by atoms with van der Waals surface area (Å²) in [5.74, 6) is 0.177. The maximum Gasteiger partial charge on any atom is 0.293 e. The van der Waals surface area contributed by atoms with Crippen LogP contribution in [0, 0.1) is 6.92 Å². The molecule has 33 heavy (non-hydrogen) atoms. The first-order valence-electron chi connectivity index (χ1n) is 10.6. The van der Waals surface area contributed by atoms with Gasteiger partial charge in [0.15, 0.2) is 0 Å². The number of rotatable bonds is 6. The van der Waals surface area contributed by atoms with Gasteiger partial charge >= 0.3 is 0 Å². The number of aryl methyl sites for hydroxylation is 1. The van der Waals surface area contributed by atoms with Gasteiger partial charge < -0.3 is 15.1 Å². The van der Waals surface area contributed by atoms with Crippen LogP contribution >= 0.6 is 23.2 Å². The Bertz CT molecular complexity index is 1240. The smallest absolute Gasteiger partial charge is 0.293 e. The standard InChI is InChI=1S/C24H24Cl2N4O3/c1-15-3-6-17(13-20(15)26)22(31)29-12-10-21-19(14-29)23(32)30(33-2)24(28-21)27-11-9-16-4-7-18(25)8-5-16/h3-8,13H,9-12,14H2,1-2H3,(H,27,28). The first-order valence-corrected chi connectivity index (χ1v) is 11.4. The van der Waals surface area contributed by atoms with Crippen LogP contribution in [0.5, 0.6) is 0 Å². The summed E-state index contributed by atoms with van der Waals surface area (Å²) in [7, 11) is 1.42. The molecule has 7 nitrogen and oxygen atoms in total. The summed E-state index contributed by atoms with van der Waals surface area (Å²) < 4.78 is 1.14. The third kappa shape index (κ3) is 4.99. The van der Waals surface area contributed by atoms with Crippen molar-refractivity contribution in [1.82, 2.24) is 14.6 Å². The Morgan fingerprint density at radius 1 is 1.18 bits per heavy atom. The molecule has 0 atom stereocenters. The Balaban J connectivity index is 1.51. The minimum absolute atomic E-state index is 0.167. The Hall–Kier alpha value is -3.03. The molecule has 1 amide bonds. The van der Waals surface area contributed by atoms with Crippen LogP contribution < -0.4 is 15.7 Å². The van der Waals surface area contributed by atoms with Crippen molar-refractivity contribution in [3.05, 3.63) is 90.8 Å². The largest absolute Gasteiger partial charge is 0.411 e. The molecule has 1 aromatic heterocycles.